The van der Waals surface area contributed by atoms with Crippen LogP contribution in [0.2, 0.25) is 0 Å². The van der Waals surface area contributed by atoms with E-state index in [4.69, 9.17) is 11.6 Å². The van der Waals surface area contributed by atoms with E-state index in [9.17, 15) is 4.79 Å². The molecule has 0 heterocycles. The van der Waals surface area contributed by atoms with Crippen molar-refractivity contribution in [3.8, 4) is 0 Å². The second-order valence-electron chi connectivity index (χ2n) is 3.49. The fraction of sp³-hybridized carbons (Fsp3) is 0.417. The SMILES string of the molecule is CCc1cc(CCl)cc(CC(=O)CBr)c1. The minimum Gasteiger partial charge on any atom is -0.298 e. The number of hydrogen-bond acceptors (Lipinski definition) is 1. The molecule has 0 N–H and O–H groups in total. The summed E-state index contributed by atoms with van der Waals surface area (Å²) in [5, 5.41) is 0.416. The molecule has 0 aromatic heterocycles. The Labute approximate surface area is 104 Å². The van der Waals surface area contributed by atoms with Gasteiger partial charge in [0, 0.05) is 12.3 Å². The molecule has 0 fully saturated rings. The van der Waals surface area contributed by atoms with E-state index in [0.29, 0.717) is 17.6 Å². The molecule has 0 bridgehead atoms. The van der Waals surface area contributed by atoms with Gasteiger partial charge >= 0.3 is 0 Å². The van der Waals surface area contributed by atoms with E-state index < -0.39 is 0 Å². The molecule has 3 heteroatoms. The summed E-state index contributed by atoms with van der Waals surface area (Å²) in [4.78, 5) is 11.3. The summed E-state index contributed by atoms with van der Waals surface area (Å²) in [5.74, 6) is 0.701. The first-order valence-corrected chi connectivity index (χ1v) is 6.60. The standard InChI is InChI=1S/C12H14BrClO/c1-2-9-3-10(6-12(15)7-13)5-11(4-9)8-14/h3-5H,2,6-8H2,1H3. The summed E-state index contributed by atoms with van der Waals surface area (Å²) >= 11 is 8.97. The van der Waals surface area contributed by atoms with Gasteiger partial charge in [0.1, 0.15) is 5.78 Å². The minimum atomic E-state index is 0.198. The summed E-state index contributed by atoms with van der Waals surface area (Å²) < 4.78 is 0. The maximum absolute atomic E-state index is 11.3. The van der Waals surface area contributed by atoms with Gasteiger partial charge in [0.25, 0.3) is 0 Å². The van der Waals surface area contributed by atoms with Gasteiger partial charge in [-0.3, -0.25) is 4.79 Å². The quantitative estimate of drug-likeness (QED) is 0.758. The van der Waals surface area contributed by atoms with Crippen LogP contribution in [0.4, 0.5) is 0 Å². The number of halogens is 2. The molecule has 0 saturated carbocycles. The lowest BCUT2D eigenvalue weighted by Gasteiger charge is -2.06. The molecule has 1 aromatic rings. The largest absolute Gasteiger partial charge is 0.298 e. The zero-order valence-corrected chi connectivity index (χ0v) is 11.1. The maximum Gasteiger partial charge on any atom is 0.147 e. The van der Waals surface area contributed by atoms with Crippen molar-refractivity contribution in [2.45, 2.75) is 25.6 Å². The highest BCUT2D eigenvalue weighted by Gasteiger charge is 2.04. The Bertz CT molecular complexity index is 327. The fourth-order valence-corrected chi connectivity index (χ4v) is 1.85. The topological polar surface area (TPSA) is 17.1 Å². The Morgan fingerprint density at radius 1 is 1.27 bits per heavy atom. The number of Topliss-reactive ketones (excluding diaryl/α,β-unsaturated/α-hetero) is 1. The Morgan fingerprint density at radius 2 is 1.87 bits per heavy atom. The zero-order chi connectivity index (χ0) is 11.3. The van der Waals surface area contributed by atoms with E-state index in [1.807, 2.05) is 6.07 Å². The van der Waals surface area contributed by atoms with Crippen molar-refractivity contribution in [1.82, 2.24) is 0 Å². The molecule has 0 saturated heterocycles. The summed E-state index contributed by atoms with van der Waals surface area (Å²) in [5.41, 5.74) is 3.40. The molecular formula is C12H14BrClO. The first-order valence-electron chi connectivity index (χ1n) is 4.95. The minimum absolute atomic E-state index is 0.198. The molecule has 15 heavy (non-hydrogen) atoms. The van der Waals surface area contributed by atoms with E-state index in [0.717, 1.165) is 17.5 Å². The van der Waals surface area contributed by atoms with Crippen LogP contribution in [0, 0.1) is 0 Å². The molecule has 0 aliphatic rings. The molecular weight excluding hydrogens is 275 g/mol. The fourth-order valence-electron chi connectivity index (χ4n) is 1.50. The van der Waals surface area contributed by atoms with Crippen molar-refractivity contribution in [2.75, 3.05) is 5.33 Å². The molecule has 1 aromatic carbocycles. The van der Waals surface area contributed by atoms with Gasteiger partial charge in [0.2, 0.25) is 0 Å². The highest BCUT2D eigenvalue weighted by molar-refractivity contribution is 9.09. The smallest absolute Gasteiger partial charge is 0.147 e. The average molecular weight is 290 g/mol. The molecule has 1 nitrogen and oxygen atoms in total. The lowest BCUT2D eigenvalue weighted by Crippen LogP contribution is -2.04. The number of aryl methyl sites for hydroxylation is 1. The van der Waals surface area contributed by atoms with E-state index in [2.05, 4.69) is 35.0 Å². The summed E-state index contributed by atoms with van der Waals surface area (Å²) in [6, 6.07) is 6.18. The van der Waals surface area contributed by atoms with Gasteiger partial charge in [0.15, 0.2) is 0 Å². The second-order valence-corrected chi connectivity index (χ2v) is 4.32. The van der Waals surface area contributed by atoms with Gasteiger partial charge < -0.3 is 0 Å². The number of carbonyl (C=O) groups excluding carboxylic acids is 1. The van der Waals surface area contributed by atoms with Crippen LogP contribution in [0.5, 0.6) is 0 Å². The molecule has 1 rings (SSSR count). The van der Waals surface area contributed by atoms with Gasteiger partial charge in [-0.2, -0.15) is 0 Å². The summed E-state index contributed by atoms with van der Waals surface area (Å²) in [6.07, 6.45) is 1.46. The van der Waals surface area contributed by atoms with Crippen molar-refractivity contribution in [3.05, 3.63) is 34.9 Å². The van der Waals surface area contributed by atoms with Crippen LogP contribution >= 0.6 is 27.5 Å². The van der Waals surface area contributed by atoms with E-state index in [1.165, 1.54) is 5.56 Å². The van der Waals surface area contributed by atoms with Crippen LogP contribution in [-0.2, 0) is 23.5 Å². The van der Waals surface area contributed by atoms with Crippen molar-refractivity contribution in [3.63, 3.8) is 0 Å². The molecule has 0 aliphatic carbocycles. The lowest BCUT2D eigenvalue weighted by molar-refractivity contribution is -0.115. The van der Waals surface area contributed by atoms with Crippen molar-refractivity contribution in [1.29, 1.82) is 0 Å². The Balaban J connectivity index is 2.91. The Morgan fingerprint density at radius 3 is 2.40 bits per heavy atom. The predicted octanol–water partition coefficient (Wildman–Crippen LogP) is 3.49. The number of alkyl halides is 2. The van der Waals surface area contributed by atoms with Gasteiger partial charge in [-0.1, -0.05) is 41.1 Å². The zero-order valence-electron chi connectivity index (χ0n) is 8.72. The summed E-state index contributed by atoms with van der Waals surface area (Å²) in [6.45, 7) is 2.10. The third-order valence-corrected chi connectivity index (χ3v) is 3.16. The molecule has 82 valence electrons. The van der Waals surface area contributed by atoms with Crippen LogP contribution in [0.15, 0.2) is 18.2 Å². The van der Waals surface area contributed by atoms with Crippen LogP contribution in [0.1, 0.15) is 23.6 Å². The van der Waals surface area contributed by atoms with Gasteiger partial charge in [-0.15, -0.1) is 11.6 Å². The number of benzene rings is 1. The Kier molecular flexibility index (Phi) is 5.34. The molecule has 0 radical (unpaired) electrons. The summed E-state index contributed by atoms with van der Waals surface area (Å²) in [7, 11) is 0. The lowest BCUT2D eigenvalue weighted by atomic mass is 10.0. The molecule has 0 amide bonds. The normalized spacial score (nSPS) is 10.3. The third kappa shape index (κ3) is 3.96. The first-order chi connectivity index (χ1) is 7.19. The van der Waals surface area contributed by atoms with E-state index in [-0.39, 0.29) is 5.78 Å². The number of ketones is 1. The molecule has 0 aliphatic heterocycles. The highest BCUT2D eigenvalue weighted by Crippen LogP contribution is 2.14. The average Bonchev–Trinajstić information content (AvgIpc) is 2.28. The molecule has 0 unspecified atom stereocenters. The van der Waals surface area contributed by atoms with Crippen molar-refractivity contribution < 1.29 is 4.79 Å². The first kappa shape index (κ1) is 12.7. The second kappa shape index (κ2) is 6.29. The number of carbonyl (C=O) groups is 1. The van der Waals surface area contributed by atoms with E-state index in [1.54, 1.807) is 0 Å². The third-order valence-electron chi connectivity index (χ3n) is 2.23. The van der Waals surface area contributed by atoms with Gasteiger partial charge in [-0.25, -0.2) is 0 Å². The maximum atomic E-state index is 11.3. The number of rotatable bonds is 5. The monoisotopic (exact) mass is 288 g/mol. The van der Waals surface area contributed by atoms with Crippen LogP contribution in [0.25, 0.3) is 0 Å². The predicted molar refractivity (Wildman–Crippen MR) is 67.9 cm³/mol. The Hall–Kier alpha value is -0.340. The van der Waals surface area contributed by atoms with Crippen molar-refractivity contribution >= 4 is 33.3 Å². The highest BCUT2D eigenvalue weighted by atomic mass is 79.9. The van der Waals surface area contributed by atoms with Crippen molar-refractivity contribution in [2.24, 2.45) is 0 Å². The van der Waals surface area contributed by atoms with Gasteiger partial charge in [-0.05, 0) is 23.1 Å². The van der Waals surface area contributed by atoms with Crippen LogP contribution in [-0.4, -0.2) is 11.1 Å². The molecule has 0 atom stereocenters. The van der Waals surface area contributed by atoms with Crippen LogP contribution in [0.3, 0.4) is 0 Å². The molecule has 0 spiro atoms. The number of hydrogen-bond donors (Lipinski definition) is 0. The van der Waals surface area contributed by atoms with Gasteiger partial charge in [0.05, 0.1) is 5.33 Å². The van der Waals surface area contributed by atoms with E-state index >= 15 is 0 Å². The van der Waals surface area contributed by atoms with Crippen LogP contribution < -0.4 is 0 Å².